The molecule has 0 aliphatic carbocycles. The molecule has 0 saturated carbocycles. The van der Waals surface area contributed by atoms with E-state index in [1.807, 2.05) is 18.2 Å². The van der Waals surface area contributed by atoms with Gasteiger partial charge in [0, 0.05) is 27.5 Å². The van der Waals surface area contributed by atoms with Gasteiger partial charge in [0.2, 0.25) is 0 Å². The Labute approximate surface area is 116 Å². The molecule has 2 rings (SSSR count). The van der Waals surface area contributed by atoms with Gasteiger partial charge in [-0.25, -0.2) is 4.98 Å². The number of aromatic nitrogens is 2. The van der Waals surface area contributed by atoms with Crippen molar-refractivity contribution in [3.8, 4) is 0 Å². The number of benzene rings is 1. The van der Waals surface area contributed by atoms with E-state index in [-0.39, 0.29) is 5.56 Å². The molecule has 0 bridgehead atoms. The zero-order chi connectivity index (χ0) is 12.3. The summed E-state index contributed by atoms with van der Waals surface area (Å²) >= 11 is 10.9. The summed E-state index contributed by atoms with van der Waals surface area (Å²) in [6, 6.07) is 7.11. The van der Waals surface area contributed by atoms with Gasteiger partial charge in [-0.2, -0.15) is 0 Å². The lowest BCUT2D eigenvalue weighted by atomic mass is 10.2. The second kappa shape index (κ2) is 5.71. The maximum atomic E-state index is 11.1. The minimum atomic E-state index is -0.149. The van der Waals surface area contributed by atoms with Gasteiger partial charge in [-0.05, 0) is 17.7 Å². The highest BCUT2D eigenvalue weighted by Gasteiger charge is 2.03. The molecule has 1 N–H and O–H groups in total. The highest BCUT2D eigenvalue weighted by atomic mass is 79.9. The van der Waals surface area contributed by atoms with Crippen LogP contribution in [0.25, 0.3) is 0 Å². The van der Waals surface area contributed by atoms with Crippen molar-refractivity contribution < 1.29 is 0 Å². The topological polar surface area (TPSA) is 45.8 Å². The monoisotopic (exact) mass is 330 g/mol. The third-order valence-electron chi connectivity index (χ3n) is 2.03. The minimum absolute atomic E-state index is 0.149. The summed E-state index contributed by atoms with van der Waals surface area (Å²) in [4.78, 5) is 17.8. The van der Waals surface area contributed by atoms with Crippen molar-refractivity contribution in [3.63, 3.8) is 0 Å². The van der Waals surface area contributed by atoms with Crippen molar-refractivity contribution in [2.75, 3.05) is 0 Å². The lowest BCUT2D eigenvalue weighted by Crippen LogP contribution is -2.05. The molecule has 1 heterocycles. The Balaban J connectivity index is 2.10. The van der Waals surface area contributed by atoms with E-state index in [1.165, 1.54) is 24.0 Å². The van der Waals surface area contributed by atoms with Gasteiger partial charge in [-0.3, -0.25) is 4.79 Å². The Morgan fingerprint density at radius 3 is 2.94 bits per heavy atom. The van der Waals surface area contributed by atoms with Crippen LogP contribution in [0.5, 0.6) is 0 Å². The molecule has 0 radical (unpaired) electrons. The lowest BCUT2D eigenvalue weighted by Gasteiger charge is -2.03. The van der Waals surface area contributed by atoms with Crippen LogP contribution in [0.2, 0.25) is 5.02 Å². The predicted molar refractivity (Wildman–Crippen MR) is 73.6 cm³/mol. The number of halogens is 2. The molecule has 1 aromatic carbocycles. The van der Waals surface area contributed by atoms with Gasteiger partial charge in [0.05, 0.1) is 0 Å². The van der Waals surface area contributed by atoms with Crippen LogP contribution in [0.4, 0.5) is 0 Å². The summed E-state index contributed by atoms with van der Waals surface area (Å²) < 4.78 is 0.947. The molecule has 0 saturated heterocycles. The Kier molecular flexibility index (Phi) is 4.25. The maximum Gasteiger partial charge on any atom is 0.251 e. The van der Waals surface area contributed by atoms with Crippen LogP contribution in [0.15, 0.2) is 44.9 Å². The van der Waals surface area contributed by atoms with Gasteiger partial charge >= 0.3 is 0 Å². The summed E-state index contributed by atoms with van der Waals surface area (Å²) in [7, 11) is 0. The molecule has 6 heteroatoms. The third kappa shape index (κ3) is 3.59. The van der Waals surface area contributed by atoms with Crippen LogP contribution >= 0.6 is 39.3 Å². The summed E-state index contributed by atoms with van der Waals surface area (Å²) in [5, 5.41) is 1.29. The van der Waals surface area contributed by atoms with Crippen LogP contribution in [0.1, 0.15) is 5.56 Å². The van der Waals surface area contributed by atoms with Crippen molar-refractivity contribution in [1.29, 1.82) is 0 Å². The van der Waals surface area contributed by atoms with E-state index in [2.05, 4.69) is 25.9 Å². The number of H-pyrrole nitrogens is 1. The van der Waals surface area contributed by atoms with Gasteiger partial charge in [-0.15, -0.1) is 0 Å². The fourth-order valence-corrected chi connectivity index (χ4v) is 2.88. The smallest absolute Gasteiger partial charge is 0.251 e. The molecule has 2 aromatic rings. The van der Waals surface area contributed by atoms with Crippen molar-refractivity contribution in [1.82, 2.24) is 9.97 Å². The Hall–Kier alpha value is -0.780. The van der Waals surface area contributed by atoms with Gasteiger partial charge in [-0.1, -0.05) is 45.4 Å². The van der Waals surface area contributed by atoms with Crippen molar-refractivity contribution in [2.45, 2.75) is 10.9 Å². The molecule has 0 aliphatic rings. The number of thioether (sulfide) groups is 1. The Morgan fingerprint density at radius 1 is 1.41 bits per heavy atom. The predicted octanol–water partition coefficient (Wildman–Crippen LogP) is 3.48. The van der Waals surface area contributed by atoms with Crippen LogP contribution in [0.3, 0.4) is 0 Å². The van der Waals surface area contributed by atoms with E-state index in [0.29, 0.717) is 15.9 Å². The Morgan fingerprint density at radius 2 is 2.24 bits per heavy atom. The summed E-state index contributed by atoms with van der Waals surface area (Å²) in [6.07, 6.45) is 1.49. The average molecular weight is 332 g/mol. The quantitative estimate of drug-likeness (QED) is 0.692. The lowest BCUT2D eigenvalue weighted by molar-refractivity contribution is 0.936. The van der Waals surface area contributed by atoms with Crippen LogP contribution < -0.4 is 5.56 Å². The molecule has 3 nitrogen and oxygen atoms in total. The van der Waals surface area contributed by atoms with E-state index in [1.54, 1.807) is 0 Å². The SMILES string of the molecule is O=c1ccnc(SCc2ccc(Br)cc2Cl)[nH]1. The largest absolute Gasteiger partial charge is 0.301 e. The first-order valence-electron chi connectivity index (χ1n) is 4.77. The van der Waals surface area contributed by atoms with Crippen LogP contribution in [-0.2, 0) is 5.75 Å². The summed E-state index contributed by atoms with van der Waals surface area (Å²) in [5.74, 6) is 0.666. The Bertz CT molecular complexity index is 588. The van der Waals surface area contributed by atoms with Crippen LogP contribution in [-0.4, -0.2) is 9.97 Å². The zero-order valence-corrected chi connectivity index (χ0v) is 11.8. The summed E-state index contributed by atoms with van der Waals surface area (Å²) in [6.45, 7) is 0. The van der Waals surface area contributed by atoms with Gasteiger partial charge in [0.1, 0.15) is 0 Å². The van der Waals surface area contributed by atoms with Crippen LogP contribution in [0, 0.1) is 0 Å². The summed E-state index contributed by atoms with van der Waals surface area (Å²) in [5.41, 5.74) is 0.857. The number of hydrogen-bond acceptors (Lipinski definition) is 3. The van der Waals surface area contributed by atoms with E-state index in [4.69, 9.17) is 11.6 Å². The second-order valence-electron chi connectivity index (χ2n) is 3.26. The van der Waals surface area contributed by atoms with Gasteiger partial charge < -0.3 is 4.98 Å². The van der Waals surface area contributed by atoms with Crippen molar-refractivity contribution >= 4 is 39.3 Å². The van der Waals surface area contributed by atoms with Gasteiger partial charge in [0.25, 0.3) is 5.56 Å². The van der Waals surface area contributed by atoms with Crippen molar-refractivity contribution in [2.24, 2.45) is 0 Å². The number of hydrogen-bond donors (Lipinski definition) is 1. The fraction of sp³-hybridized carbons (Fsp3) is 0.0909. The highest BCUT2D eigenvalue weighted by Crippen LogP contribution is 2.26. The molecule has 0 atom stereocenters. The first-order valence-corrected chi connectivity index (χ1v) is 6.93. The highest BCUT2D eigenvalue weighted by molar-refractivity contribution is 9.10. The van der Waals surface area contributed by atoms with E-state index < -0.39 is 0 Å². The molecule has 17 heavy (non-hydrogen) atoms. The zero-order valence-electron chi connectivity index (χ0n) is 8.61. The minimum Gasteiger partial charge on any atom is -0.301 e. The van der Waals surface area contributed by atoms with Crippen molar-refractivity contribution in [3.05, 3.63) is 55.9 Å². The standard InChI is InChI=1S/C11H8BrClN2OS/c12-8-2-1-7(9(13)5-8)6-17-11-14-4-3-10(16)15-11/h1-5H,6H2,(H,14,15,16). The fourth-order valence-electron chi connectivity index (χ4n) is 1.21. The number of rotatable bonds is 3. The first-order chi connectivity index (χ1) is 8.15. The maximum absolute atomic E-state index is 11.1. The average Bonchev–Trinajstić information content (AvgIpc) is 2.28. The molecule has 0 fully saturated rings. The second-order valence-corrected chi connectivity index (χ2v) is 5.55. The molecule has 0 aliphatic heterocycles. The normalized spacial score (nSPS) is 10.5. The van der Waals surface area contributed by atoms with Gasteiger partial charge in [0.15, 0.2) is 5.16 Å². The molecular weight excluding hydrogens is 324 g/mol. The molecule has 0 spiro atoms. The number of nitrogens with zero attached hydrogens (tertiary/aromatic N) is 1. The molecule has 0 amide bonds. The number of aromatic amines is 1. The molecule has 0 unspecified atom stereocenters. The molecule has 1 aromatic heterocycles. The van der Waals surface area contributed by atoms with E-state index >= 15 is 0 Å². The molecular formula is C11H8BrClN2OS. The van der Waals surface area contributed by atoms with E-state index in [9.17, 15) is 4.79 Å². The first kappa shape index (κ1) is 12.7. The van der Waals surface area contributed by atoms with E-state index in [0.717, 1.165) is 10.0 Å². The third-order valence-corrected chi connectivity index (χ3v) is 3.81. The number of nitrogens with one attached hydrogen (secondary N) is 1. The molecule has 88 valence electrons.